The minimum absolute atomic E-state index is 0.0256. The fourth-order valence-corrected chi connectivity index (χ4v) is 4.71. The number of benzene rings is 2. The Bertz CT molecular complexity index is 1670. The molecule has 1 aliphatic heterocycles. The first kappa shape index (κ1) is 24.8. The lowest BCUT2D eigenvalue weighted by Gasteiger charge is -2.23. The SMILES string of the molecule is Cc1nn(-c2cccc(F)c2)c2ccc(Nc3ncnn4cc(NC(=O)OC[C@@H]5COCCN5)c(C)c34)cc12. The van der Waals surface area contributed by atoms with Crippen LogP contribution in [-0.2, 0) is 9.47 Å². The number of anilines is 3. The quantitative estimate of drug-likeness (QED) is 0.300. The van der Waals surface area contributed by atoms with Crippen molar-refractivity contribution in [1.29, 1.82) is 0 Å². The largest absolute Gasteiger partial charge is 0.448 e. The summed E-state index contributed by atoms with van der Waals surface area (Å²) >= 11 is 0. The first-order valence-electron chi connectivity index (χ1n) is 12.6. The van der Waals surface area contributed by atoms with Gasteiger partial charge in [0.1, 0.15) is 24.3 Å². The van der Waals surface area contributed by atoms with Crippen LogP contribution in [0, 0.1) is 19.7 Å². The molecule has 1 saturated heterocycles. The lowest BCUT2D eigenvalue weighted by Crippen LogP contribution is -2.44. The molecule has 2 aromatic carbocycles. The molecule has 1 aliphatic rings. The predicted molar refractivity (Wildman–Crippen MR) is 144 cm³/mol. The monoisotopic (exact) mass is 530 g/mol. The van der Waals surface area contributed by atoms with Gasteiger partial charge in [0.05, 0.1) is 48.0 Å². The third kappa shape index (κ3) is 4.99. The smallest absolute Gasteiger partial charge is 0.411 e. The highest BCUT2D eigenvalue weighted by molar-refractivity contribution is 5.92. The molecule has 39 heavy (non-hydrogen) atoms. The van der Waals surface area contributed by atoms with Crippen molar-refractivity contribution in [2.75, 3.05) is 37.0 Å². The maximum Gasteiger partial charge on any atom is 0.411 e. The van der Waals surface area contributed by atoms with E-state index in [0.29, 0.717) is 35.9 Å². The number of rotatable bonds is 6. The van der Waals surface area contributed by atoms with Gasteiger partial charge in [-0.1, -0.05) is 6.07 Å². The number of fused-ring (bicyclic) bond motifs is 2. The van der Waals surface area contributed by atoms with Crippen LogP contribution in [0.15, 0.2) is 55.0 Å². The van der Waals surface area contributed by atoms with Gasteiger partial charge in [-0.2, -0.15) is 10.2 Å². The van der Waals surface area contributed by atoms with Crippen molar-refractivity contribution in [3.63, 3.8) is 0 Å². The number of nitrogens with one attached hydrogen (secondary N) is 3. The van der Waals surface area contributed by atoms with E-state index in [4.69, 9.17) is 9.47 Å². The molecule has 0 spiro atoms. The number of carbonyl (C=O) groups is 1. The summed E-state index contributed by atoms with van der Waals surface area (Å²) in [5.74, 6) is 0.252. The van der Waals surface area contributed by atoms with Crippen LogP contribution in [0.3, 0.4) is 0 Å². The van der Waals surface area contributed by atoms with Crippen molar-refractivity contribution in [3.8, 4) is 5.69 Å². The van der Waals surface area contributed by atoms with Crippen LogP contribution < -0.4 is 16.0 Å². The molecule has 5 aromatic rings. The second kappa shape index (κ2) is 10.3. The van der Waals surface area contributed by atoms with E-state index in [0.717, 1.165) is 34.4 Å². The Morgan fingerprint density at radius 1 is 1.26 bits per heavy atom. The van der Waals surface area contributed by atoms with Gasteiger partial charge in [0, 0.05) is 23.2 Å². The van der Waals surface area contributed by atoms with Crippen LogP contribution in [0.4, 0.5) is 26.4 Å². The topological polar surface area (TPSA) is 120 Å². The fourth-order valence-electron chi connectivity index (χ4n) is 4.71. The van der Waals surface area contributed by atoms with Crippen LogP contribution in [0.1, 0.15) is 11.3 Å². The van der Waals surface area contributed by atoms with Crippen molar-refractivity contribution < 1.29 is 18.7 Å². The standard InChI is InChI=1S/C27H27FN8O3/c1-16-23(33-27(37)39-14-20-13-38-9-8-29-20)12-35-25(16)26(30-15-31-35)32-19-6-7-24-22(11-19)17(2)34-36(24)21-5-3-4-18(28)10-21/h3-7,10-12,15,20,29H,8-9,13-14H2,1-2H3,(H,33,37)(H,30,31,32)/t20-/m0/s1. The van der Waals surface area contributed by atoms with Gasteiger partial charge in [-0.3, -0.25) is 5.32 Å². The van der Waals surface area contributed by atoms with Gasteiger partial charge in [0.25, 0.3) is 0 Å². The van der Waals surface area contributed by atoms with E-state index in [9.17, 15) is 9.18 Å². The summed E-state index contributed by atoms with van der Waals surface area (Å²) in [6, 6.07) is 12.1. The van der Waals surface area contributed by atoms with Crippen LogP contribution in [0.25, 0.3) is 22.1 Å². The molecule has 3 N–H and O–H groups in total. The third-order valence-corrected chi connectivity index (χ3v) is 6.66. The Morgan fingerprint density at radius 2 is 2.15 bits per heavy atom. The van der Waals surface area contributed by atoms with Gasteiger partial charge in [0.2, 0.25) is 0 Å². The molecule has 200 valence electrons. The number of nitrogens with zero attached hydrogens (tertiary/aromatic N) is 5. The Balaban J connectivity index is 1.23. The highest BCUT2D eigenvalue weighted by atomic mass is 19.1. The number of aromatic nitrogens is 5. The van der Waals surface area contributed by atoms with Crippen LogP contribution in [0.2, 0.25) is 0 Å². The van der Waals surface area contributed by atoms with E-state index in [1.165, 1.54) is 18.5 Å². The van der Waals surface area contributed by atoms with Gasteiger partial charge < -0.3 is 20.1 Å². The molecule has 6 rings (SSSR count). The highest BCUT2D eigenvalue weighted by Crippen LogP contribution is 2.30. The number of aryl methyl sites for hydroxylation is 2. The van der Waals surface area contributed by atoms with Gasteiger partial charge in [0.15, 0.2) is 5.82 Å². The maximum atomic E-state index is 13.8. The van der Waals surface area contributed by atoms with Gasteiger partial charge in [-0.25, -0.2) is 23.4 Å². The molecule has 1 atom stereocenters. The second-order valence-corrected chi connectivity index (χ2v) is 9.35. The molecule has 3 aromatic heterocycles. The zero-order chi connectivity index (χ0) is 26.9. The molecular weight excluding hydrogens is 503 g/mol. The van der Waals surface area contributed by atoms with Crippen molar-refractivity contribution in [2.24, 2.45) is 0 Å². The molecule has 0 saturated carbocycles. The number of hydrogen-bond acceptors (Lipinski definition) is 8. The Kier molecular flexibility index (Phi) is 6.55. The molecule has 1 amide bonds. The Labute approximate surface area is 222 Å². The fraction of sp³-hybridized carbons (Fsp3) is 0.259. The maximum absolute atomic E-state index is 13.8. The first-order valence-corrected chi connectivity index (χ1v) is 12.6. The van der Waals surface area contributed by atoms with Gasteiger partial charge in [-0.05, 0) is 50.2 Å². The summed E-state index contributed by atoms with van der Waals surface area (Å²) in [7, 11) is 0. The predicted octanol–water partition coefficient (Wildman–Crippen LogP) is 4.10. The number of carbonyl (C=O) groups excluding carboxylic acids is 1. The van der Waals surface area contributed by atoms with Crippen molar-refractivity contribution in [1.82, 2.24) is 29.7 Å². The molecule has 1 fully saturated rings. The molecule has 0 bridgehead atoms. The summed E-state index contributed by atoms with van der Waals surface area (Å²) in [6.45, 7) is 5.90. The van der Waals surface area contributed by atoms with Crippen LogP contribution in [0.5, 0.6) is 0 Å². The molecular formula is C27H27FN8O3. The number of morpholine rings is 1. The summed E-state index contributed by atoms with van der Waals surface area (Å²) < 4.78 is 28.0. The number of ether oxygens (including phenoxy) is 2. The Hall–Kier alpha value is -4.55. The average molecular weight is 531 g/mol. The Morgan fingerprint density at radius 3 is 2.97 bits per heavy atom. The van der Waals surface area contributed by atoms with E-state index in [-0.39, 0.29) is 18.5 Å². The molecule has 12 heteroatoms. The minimum atomic E-state index is -0.555. The molecule has 0 radical (unpaired) electrons. The van der Waals surface area contributed by atoms with Crippen LogP contribution in [-0.4, -0.2) is 62.9 Å². The number of amides is 1. The van der Waals surface area contributed by atoms with Crippen molar-refractivity contribution in [2.45, 2.75) is 19.9 Å². The minimum Gasteiger partial charge on any atom is -0.448 e. The van der Waals surface area contributed by atoms with E-state index < -0.39 is 6.09 Å². The summed E-state index contributed by atoms with van der Waals surface area (Å²) in [5.41, 5.74) is 5.17. The lowest BCUT2D eigenvalue weighted by molar-refractivity contribution is 0.0494. The molecule has 11 nitrogen and oxygen atoms in total. The van der Waals surface area contributed by atoms with Crippen LogP contribution >= 0.6 is 0 Å². The third-order valence-electron chi connectivity index (χ3n) is 6.66. The zero-order valence-electron chi connectivity index (χ0n) is 21.4. The van der Waals surface area contributed by atoms with Gasteiger partial charge >= 0.3 is 6.09 Å². The molecule has 0 unspecified atom stereocenters. The highest BCUT2D eigenvalue weighted by Gasteiger charge is 2.19. The number of hydrogen-bond donors (Lipinski definition) is 3. The van der Waals surface area contributed by atoms with Gasteiger partial charge in [-0.15, -0.1) is 0 Å². The zero-order valence-corrected chi connectivity index (χ0v) is 21.4. The van der Waals surface area contributed by atoms with Crippen molar-refractivity contribution >= 4 is 39.7 Å². The molecule has 4 heterocycles. The first-order chi connectivity index (χ1) is 19.0. The normalized spacial score (nSPS) is 15.5. The van der Waals surface area contributed by atoms with E-state index in [1.54, 1.807) is 21.5 Å². The van der Waals surface area contributed by atoms with E-state index in [1.807, 2.05) is 38.1 Å². The summed E-state index contributed by atoms with van der Waals surface area (Å²) in [6.07, 6.45) is 2.61. The number of halogens is 1. The molecule has 0 aliphatic carbocycles. The second-order valence-electron chi connectivity index (χ2n) is 9.35. The summed E-state index contributed by atoms with van der Waals surface area (Å²) in [4.78, 5) is 16.9. The van der Waals surface area contributed by atoms with E-state index in [2.05, 4.69) is 31.1 Å². The van der Waals surface area contributed by atoms with Crippen molar-refractivity contribution in [3.05, 3.63) is 72.1 Å². The summed E-state index contributed by atoms with van der Waals surface area (Å²) in [5, 5.41) is 19.3. The van der Waals surface area contributed by atoms with E-state index >= 15 is 0 Å². The lowest BCUT2D eigenvalue weighted by atomic mass is 10.2. The average Bonchev–Trinajstić information content (AvgIpc) is 3.44.